The van der Waals surface area contributed by atoms with Gasteiger partial charge in [-0.25, -0.2) is 0 Å². The molecule has 2 fully saturated rings. The fourth-order valence-corrected chi connectivity index (χ4v) is 4.23. The number of H-pyrrole nitrogens is 1. The summed E-state index contributed by atoms with van der Waals surface area (Å²) in [4.78, 5) is 17.1. The first-order valence-electron chi connectivity index (χ1n) is 8.75. The summed E-state index contributed by atoms with van der Waals surface area (Å²) < 4.78 is 0. The molecule has 6 heteroatoms. The molecule has 2 saturated heterocycles. The summed E-state index contributed by atoms with van der Waals surface area (Å²) >= 11 is 0. The number of hydrogen-bond donors (Lipinski definition) is 1. The van der Waals surface area contributed by atoms with Crippen LogP contribution in [0.1, 0.15) is 41.7 Å². The second kappa shape index (κ2) is 6.36. The summed E-state index contributed by atoms with van der Waals surface area (Å²) in [5, 5.41) is 10.2. The van der Waals surface area contributed by atoms with E-state index in [1.807, 2.05) is 4.90 Å². The van der Waals surface area contributed by atoms with Crippen LogP contribution in [0.5, 0.6) is 0 Å². The SMILES string of the molecule is O=C(c1cn[nH]n1)N1CCC(c2ccccc2)(N2CCCC2)CC1. The largest absolute Gasteiger partial charge is 0.337 e. The van der Waals surface area contributed by atoms with Crippen LogP contribution < -0.4 is 0 Å². The lowest BCUT2D eigenvalue weighted by Gasteiger charge is -2.48. The van der Waals surface area contributed by atoms with Crippen LogP contribution in [0.25, 0.3) is 0 Å². The van der Waals surface area contributed by atoms with Crippen LogP contribution in [0, 0.1) is 0 Å². The normalized spacial score (nSPS) is 21.1. The van der Waals surface area contributed by atoms with E-state index < -0.39 is 0 Å². The van der Waals surface area contributed by atoms with E-state index in [1.54, 1.807) is 0 Å². The third-order valence-electron chi connectivity index (χ3n) is 5.53. The van der Waals surface area contributed by atoms with Crippen molar-refractivity contribution in [3.8, 4) is 0 Å². The predicted octanol–water partition coefficient (Wildman–Crippen LogP) is 2.03. The summed E-state index contributed by atoms with van der Waals surface area (Å²) in [6, 6.07) is 10.8. The van der Waals surface area contributed by atoms with Crippen LogP contribution in [-0.4, -0.2) is 57.3 Å². The van der Waals surface area contributed by atoms with E-state index in [4.69, 9.17) is 0 Å². The van der Waals surface area contributed by atoms with Crippen LogP contribution in [0.4, 0.5) is 0 Å². The first kappa shape index (κ1) is 15.3. The molecule has 1 aromatic heterocycles. The number of aromatic nitrogens is 3. The van der Waals surface area contributed by atoms with Gasteiger partial charge in [0.1, 0.15) is 0 Å². The number of carbonyl (C=O) groups excluding carboxylic acids is 1. The van der Waals surface area contributed by atoms with E-state index in [-0.39, 0.29) is 11.4 Å². The number of piperidine rings is 1. The highest BCUT2D eigenvalue weighted by Crippen LogP contribution is 2.40. The van der Waals surface area contributed by atoms with Crippen molar-refractivity contribution in [2.45, 2.75) is 31.2 Å². The third kappa shape index (κ3) is 2.60. The number of amides is 1. The topological polar surface area (TPSA) is 65.1 Å². The molecule has 24 heavy (non-hydrogen) atoms. The zero-order valence-electron chi connectivity index (χ0n) is 13.8. The molecule has 1 aromatic carbocycles. The molecule has 0 atom stereocenters. The predicted molar refractivity (Wildman–Crippen MR) is 90.4 cm³/mol. The Labute approximate surface area is 141 Å². The Kier molecular flexibility index (Phi) is 4.06. The molecule has 0 bridgehead atoms. The molecule has 2 aliphatic rings. The number of likely N-dealkylation sites (tertiary alicyclic amines) is 2. The lowest BCUT2D eigenvalue weighted by Crippen LogP contribution is -2.53. The molecule has 6 nitrogen and oxygen atoms in total. The van der Waals surface area contributed by atoms with Crippen molar-refractivity contribution in [1.29, 1.82) is 0 Å². The van der Waals surface area contributed by atoms with Crippen LogP contribution >= 0.6 is 0 Å². The van der Waals surface area contributed by atoms with E-state index in [1.165, 1.54) is 24.6 Å². The molecule has 0 spiro atoms. The van der Waals surface area contributed by atoms with E-state index in [0.29, 0.717) is 5.69 Å². The molecule has 0 radical (unpaired) electrons. The van der Waals surface area contributed by atoms with E-state index in [9.17, 15) is 4.79 Å². The van der Waals surface area contributed by atoms with Crippen LogP contribution in [0.2, 0.25) is 0 Å². The van der Waals surface area contributed by atoms with Gasteiger partial charge in [-0.1, -0.05) is 30.3 Å². The lowest BCUT2D eigenvalue weighted by molar-refractivity contribution is 0.0291. The summed E-state index contributed by atoms with van der Waals surface area (Å²) in [6.45, 7) is 3.84. The first-order chi connectivity index (χ1) is 11.8. The van der Waals surface area contributed by atoms with Crippen molar-refractivity contribution in [1.82, 2.24) is 25.2 Å². The number of rotatable bonds is 3. The Morgan fingerprint density at radius 1 is 1.04 bits per heavy atom. The van der Waals surface area contributed by atoms with Gasteiger partial charge in [-0.2, -0.15) is 15.4 Å². The maximum atomic E-state index is 12.5. The van der Waals surface area contributed by atoms with Crippen molar-refractivity contribution in [2.75, 3.05) is 26.2 Å². The standard InChI is InChI=1S/C18H23N5O/c24-17(16-14-19-21-20-16)22-12-8-18(9-13-22,23-10-4-5-11-23)15-6-2-1-3-7-15/h1-3,6-7,14H,4-5,8-13H2,(H,19,20,21). The molecule has 0 unspecified atom stereocenters. The maximum absolute atomic E-state index is 12.5. The second-order valence-corrected chi connectivity index (χ2v) is 6.74. The quantitative estimate of drug-likeness (QED) is 0.938. The average molecular weight is 325 g/mol. The van der Waals surface area contributed by atoms with Crippen molar-refractivity contribution in [3.05, 3.63) is 47.8 Å². The minimum atomic E-state index is -0.0215. The van der Waals surface area contributed by atoms with Gasteiger partial charge < -0.3 is 4.90 Å². The molecule has 2 aliphatic heterocycles. The number of aromatic amines is 1. The Bertz CT molecular complexity index is 671. The molecule has 3 heterocycles. The summed E-state index contributed by atoms with van der Waals surface area (Å²) in [5.74, 6) is -0.0215. The highest BCUT2D eigenvalue weighted by molar-refractivity contribution is 5.91. The molecule has 0 saturated carbocycles. The van der Waals surface area contributed by atoms with Gasteiger partial charge in [-0.3, -0.25) is 9.69 Å². The summed E-state index contributed by atoms with van der Waals surface area (Å²) in [6.07, 6.45) is 6.00. The van der Waals surface area contributed by atoms with E-state index >= 15 is 0 Å². The Hall–Kier alpha value is -2.21. The Morgan fingerprint density at radius 2 is 1.75 bits per heavy atom. The van der Waals surface area contributed by atoms with Gasteiger partial charge >= 0.3 is 0 Å². The van der Waals surface area contributed by atoms with Gasteiger partial charge in [0, 0.05) is 18.6 Å². The molecule has 0 aliphatic carbocycles. The molecular weight excluding hydrogens is 302 g/mol. The Morgan fingerprint density at radius 3 is 2.38 bits per heavy atom. The van der Waals surface area contributed by atoms with Crippen molar-refractivity contribution < 1.29 is 4.79 Å². The zero-order chi connectivity index (χ0) is 16.4. The maximum Gasteiger partial charge on any atom is 0.276 e. The highest BCUT2D eigenvalue weighted by Gasteiger charge is 2.43. The number of carbonyl (C=O) groups is 1. The van der Waals surface area contributed by atoms with Gasteiger partial charge in [-0.15, -0.1) is 0 Å². The number of nitrogens with one attached hydrogen (secondary N) is 1. The minimum absolute atomic E-state index is 0.0215. The summed E-state index contributed by atoms with van der Waals surface area (Å²) in [7, 11) is 0. The second-order valence-electron chi connectivity index (χ2n) is 6.74. The van der Waals surface area contributed by atoms with Gasteiger partial charge in [0.25, 0.3) is 5.91 Å². The number of benzene rings is 1. The molecule has 1 N–H and O–H groups in total. The molecule has 4 rings (SSSR count). The third-order valence-corrected chi connectivity index (χ3v) is 5.53. The monoisotopic (exact) mass is 325 g/mol. The number of hydrogen-bond acceptors (Lipinski definition) is 4. The molecule has 126 valence electrons. The fourth-order valence-electron chi connectivity index (χ4n) is 4.23. The fraction of sp³-hybridized carbons (Fsp3) is 0.500. The molecular formula is C18H23N5O. The van der Waals surface area contributed by atoms with Crippen molar-refractivity contribution >= 4 is 5.91 Å². The first-order valence-corrected chi connectivity index (χ1v) is 8.75. The highest BCUT2D eigenvalue weighted by atomic mass is 16.2. The smallest absolute Gasteiger partial charge is 0.276 e. The van der Waals surface area contributed by atoms with Gasteiger partial charge in [0.05, 0.1) is 6.20 Å². The molecule has 1 amide bonds. The van der Waals surface area contributed by atoms with Crippen LogP contribution in [-0.2, 0) is 5.54 Å². The van der Waals surface area contributed by atoms with Gasteiger partial charge in [-0.05, 0) is 44.3 Å². The van der Waals surface area contributed by atoms with Crippen molar-refractivity contribution in [3.63, 3.8) is 0 Å². The van der Waals surface area contributed by atoms with E-state index in [2.05, 4.69) is 50.6 Å². The van der Waals surface area contributed by atoms with Gasteiger partial charge in [0.2, 0.25) is 0 Å². The van der Waals surface area contributed by atoms with Crippen molar-refractivity contribution in [2.24, 2.45) is 0 Å². The zero-order valence-corrected chi connectivity index (χ0v) is 13.8. The van der Waals surface area contributed by atoms with E-state index in [0.717, 1.165) is 39.0 Å². The van der Waals surface area contributed by atoms with Crippen LogP contribution in [0.15, 0.2) is 36.5 Å². The lowest BCUT2D eigenvalue weighted by atomic mass is 9.79. The average Bonchev–Trinajstić information content (AvgIpc) is 3.36. The minimum Gasteiger partial charge on any atom is -0.337 e. The number of nitrogens with zero attached hydrogens (tertiary/aromatic N) is 4. The summed E-state index contributed by atoms with van der Waals surface area (Å²) in [5.41, 5.74) is 1.86. The van der Waals surface area contributed by atoms with Gasteiger partial charge in [0.15, 0.2) is 5.69 Å². The van der Waals surface area contributed by atoms with Crippen LogP contribution in [0.3, 0.4) is 0 Å². The molecule has 2 aromatic rings. The Balaban J connectivity index is 1.56.